The zero-order valence-corrected chi connectivity index (χ0v) is 10.1. The summed E-state index contributed by atoms with van der Waals surface area (Å²) in [6.45, 7) is 0. The lowest BCUT2D eigenvalue weighted by Crippen LogP contribution is -2.12. The van der Waals surface area contributed by atoms with Gasteiger partial charge in [-0.15, -0.1) is 0 Å². The maximum Gasteiger partial charge on any atom is 0.276 e. The third-order valence-electron chi connectivity index (χ3n) is 2.74. The van der Waals surface area contributed by atoms with E-state index in [0.29, 0.717) is 22.5 Å². The molecule has 0 atom stereocenters. The van der Waals surface area contributed by atoms with Crippen molar-refractivity contribution in [2.45, 2.75) is 0 Å². The Balaban J connectivity index is 1.97. The van der Waals surface area contributed by atoms with Gasteiger partial charge in [0.05, 0.1) is 24.5 Å². The molecule has 0 spiro atoms. The van der Waals surface area contributed by atoms with Crippen LogP contribution < -0.4 is 10.1 Å². The molecule has 7 heteroatoms. The molecule has 2 aromatic heterocycles. The highest BCUT2D eigenvalue weighted by atomic mass is 16.5. The quantitative estimate of drug-likeness (QED) is 0.663. The average molecular weight is 257 g/mol. The minimum atomic E-state index is -0.305. The van der Waals surface area contributed by atoms with Crippen molar-refractivity contribution >= 4 is 22.5 Å². The van der Waals surface area contributed by atoms with Gasteiger partial charge in [-0.3, -0.25) is 15.0 Å². The number of nitrogens with one attached hydrogen (secondary N) is 3. The number of carbonyl (C=O) groups excluding carboxylic acids is 1. The van der Waals surface area contributed by atoms with E-state index in [-0.39, 0.29) is 5.91 Å². The Morgan fingerprint density at radius 2 is 2.32 bits per heavy atom. The fourth-order valence-corrected chi connectivity index (χ4v) is 1.80. The van der Waals surface area contributed by atoms with Crippen LogP contribution in [0.15, 0.2) is 30.6 Å². The fraction of sp³-hybridized carbons (Fsp3) is 0.0833. The lowest BCUT2D eigenvalue weighted by atomic mass is 10.2. The van der Waals surface area contributed by atoms with Gasteiger partial charge in [0, 0.05) is 11.6 Å². The molecule has 0 fully saturated rings. The second kappa shape index (κ2) is 4.45. The normalized spacial score (nSPS) is 10.6. The molecule has 3 rings (SSSR count). The van der Waals surface area contributed by atoms with Gasteiger partial charge in [0.15, 0.2) is 5.69 Å². The van der Waals surface area contributed by atoms with E-state index in [2.05, 4.69) is 25.7 Å². The largest absolute Gasteiger partial charge is 0.497 e. The molecule has 0 radical (unpaired) electrons. The molecule has 0 aliphatic rings. The first-order chi connectivity index (χ1) is 9.28. The number of anilines is 1. The first kappa shape index (κ1) is 11.3. The second-order valence-corrected chi connectivity index (χ2v) is 3.92. The molecule has 0 saturated heterocycles. The lowest BCUT2D eigenvalue weighted by molar-refractivity contribution is 0.102. The molecule has 0 saturated carbocycles. The van der Waals surface area contributed by atoms with E-state index in [1.165, 1.54) is 6.20 Å². The molecule has 0 bridgehead atoms. The number of amides is 1. The van der Waals surface area contributed by atoms with E-state index in [1.807, 2.05) is 6.07 Å². The predicted octanol–water partition coefficient (Wildman–Crippen LogP) is 1.55. The number of fused-ring (bicyclic) bond motifs is 1. The number of hydrogen-bond donors (Lipinski definition) is 3. The molecule has 0 unspecified atom stereocenters. The summed E-state index contributed by atoms with van der Waals surface area (Å²) in [6, 6.07) is 5.39. The maximum absolute atomic E-state index is 12.1. The molecule has 0 aliphatic heterocycles. The third kappa shape index (κ3) is 2.01. The highest BCUT2D eigenvalue weighted by molar-refractivity contribution is 6.11. The van der Waals surface area contributed by atoms with Crippen LogP contribution in [0.1, 0.15) is 10.5 Å². The van der Waals surface area contributed by atoms with Gasteiger partial charge >= 0.3 is 0 Å². The van der Waals surface area contributed by atoms with Gasteiger partial charge in [-0.05, 0) is 18.2 Å². The van der Waals surface area contributed by atoms with Crippen molar-refractivity contribution in [1.82, 2.24) is 20.4 Å². The van der Waals surface area contributed by atoms with Crippen molar-refractivity contribution in [3.05, 3.63) is 36.3 Å². The summed E-state index contributed by atoms with van der Waals surface area (Å²) in [6.07, 6.45) is 3.11. The molecule has 1 aromatic carbocycles. The molecule has 7 nitrogen and oxygen atoms in total. The van der Waals surface area contributed by atoms with Crippen LogP contribution >= 0.6 is 0 Å². The van der Waals surface area contributed by atoms with Crippen molar-refractivity contribution < 1.29 is 9.53 Å². The third-order valence-corrected chi connectivity index (χ3v) is 2.74. The maximum atomic E-state index is 12.1. The molecule has 19 heavy (non-hydrogen) atoms. The molecular formula is C12H11N5O2. The van der Waals surface area contributed by atoms with Gasteiger partial charge < -0.3 is 10.1 Å². The Hall–Kier alpha value is -2.83. The van der Waals surface area contributed by atoms with Crippen LogP contribution in [0.4, 0.5) is 5.69 Å². The molecule has 3 N–H and O–H groups in total. The van der Waals surface area contributed by atoms with E-state index < -0.39 is 0 Å². The van der Waals surface area contributed by atoms with Crippen LogP contribution in [0.3, 0.4) is 0 Å². The van der Waals surface area contributed by atoms with Gasteiger partial charge in [0.2, 0.25) is 0 Å². The van der Waals surface area contributed by atoms with Crippen LogP contribution in [-0.2, 0) is 0 Å². The number of aromatic amines is 2. The molecule has 1 amide bonds. The fourth-order valence-electron chi connectivity index (χ4n) is 1.80. The number of benzene rings is 1. The Kier molecular flexibility index (Phi) is 2.64. The van der Waals surface area contributed by atoms with E-state index in [4.69, 9.17) is 4.74 Å². The SMILES string of the molecule is COc1ccc2[nH]nc(C(=O)Nc3cn[nH]c3)c2c1. The van der Waals surface area contributed by atoms with E-state index in [9.17, 15) is 4.79 Å². The van der Waals surface area contributed by atoms with E-state index in [1.54, 1.807) is 25.4 Å². The average Bonchev–Trinajstić information content (AvgIpc) is 3.06. The van der Waals surface area contributed by atoms with Crippen molar-refractivity contribution in [2.75, 3.05) is 12.4 Å². The zero-order valence-electron chi connectivity index (χ0n) is 10.1. The summed E-state index contributed by atoms with van der Waals surface area (Å²) >= 11 is 0. The lowest BCUT2D eigenvalue weighted by Gasteiger charge is -2.01. The van der Waals surface area contributed by atoms with Crippen LogP contribution in [0, 0.1) is 0 Å². The van der Waals surface area contributed by atoms with Gasteiger partial charge in [0.25, 0.3) is 5.91 Å². The Bertz CT molecular complexity index is 717. The van der Waals surface area contributed by atoms with Gasteiger partial charge in [0.1, 0.15) is 5.75 Å². The number of methoxy groups -OCH3 is 1. The Morgan fingerprint density at radius 1 is 1.42 bits per heavy atom. The summed E-state index contributed by atoms with van der Waals surface area (Å²) < 4.78 is 5.14. The predicted molar refractivity (Wildman–Crippen MR) is 69.2 cm³/mol. The molecule has 3 aromatic rings. The standard InChI is InChI=1S/C12H11N5O2/c1-19-8-2-3-10-9(4-8)11(17-16-10)12(18)15-7-5-13-14-6-7/h2-6H,1H3,(H,13,14)(H,15,18)(H,16,17). The van der Waals surface area contributed by atoms with Gasteiger partial charge in [-0.2, -0.15) is 10.2 Å². The number of H-pyrrole nitrogens is 2. The minimum Gasteiger partial charge on any atom is -0.497 e. The highest BCUT2D eigenvalue weighted by Gasteiger charge is 2.15. The molecule has 2 heterocycles. The zero-order chi connectivity index (χ0) is 13.2. The molecule has 96 valence electrons. The second-order valence-electron chi connectivity index (χ2n) is 3.92. The first-order valence-electron chi connectivity index (χ1n) is 5.60. The summed E-state index contributed by atoms with van der Waals surface area (Å²) in [5.74, 6) is 0.368. The number of rotatable bonds is 3. The van der Waals surface area contributed by atoms with Crippen molar-refractivity contribution in [2.24, 2.45) is 0 Å². The van der Waals surface area contributed by atoms with Gasteiger partial charge in [-0.1, -0.05) is 0 Å². The summed E-state index contributed by atoms with van der Waals surface area (Å²) in [7, 11) is 1.58. The van der Waals surface area contributed by atoms with Crippen LogP contribution in [0.2, 0.25) is 0 Å². The summed E-state index contributed by atoms with van der Waals surface area (Å²) in [5, 5.41) is 16.6. The van der Waals surface area contributed by atoms with Crippen LogP contribution in [0.5, 0.6) is 5.75 Å². The highest BCUT2D eigenvalue weighted by Crippen LogP contribution is 2.22. The Morgan fingerprint density at radius 3 is 3.05 bits per heavy atom. The Labute approximate surface area is 108 Å². The number of carbonyl (C=O) groups is 1. The number of hydrogen-bond acceptors (Lipinski definition) is 4. The van der Waals surface area contributed by atoms with E-state index in [0.717, 1.165) is 5.52 Å². The number of ether oxygens (including phenoxy) is 1. The topological polar surface area (TPSA) is 95.7 Å². The van der Waals surface area contributed by atoms with Crippen LogP contribution in [-0.4, -0.2) is 33.4 Å². The molecule has 0 aliphatic carbocycles. The summed E-state index contributed by atoms with van der Waals surface area (Å²) in [4.78, 5) is 12.1. The first-order valence-corrected chi connectivity index (χ1v) is 5.60. The summed E-state index contributed by atoms with van der Waals surface area (Å²) in [5.41, 5.74) is 1.68. The smallest absolute Gasteiger partial charge is 0.276 e. The van der Waals surface area contributed by atoms with Crippen molar-refractivity contribution in [3.63, 3.8) is 0 Å². The number of aromatic nitrogens is 4. The van der Waals surface area contributed by atoms with Crippen molar-refractivity contribution in [1.29, 1.82) is 0 Å². The monoisotopic (exact) mass is 257 g/mol. The van der Waals surface area contributed by atoms with Crippen LogP contribution in [0.25, 0.3) is 10.9 Å². The van der Waals surface area contributed by atoms with Gasteiger partial charge in [-0.25, -0.2) is 0 Å². The molecular weight excluding hydrogens is 246 g/mol. The van der Waals surface area contributed by atoms with E-state index >= 15 is 0 Å². The number of nitrogens with zero attached hydrogens (tertiary/aromatic N) is 2. The van der Waals surface area contributed by atoms with Crippen molar-refractivity contribution in [3.8, 4) is 5.75 Å². The minimum absolute atomic E-state index is 0.305.